The first-order valence-electron chi connectivity index (χ1n) is 5.88. The highest BCUT2D eigenvalue weighted by molar-refractivity contribution is 5.79. The van der Waals surface area contributed by atoms with Crippen LogP contribution in [0.2, 0.25) is 0 Å². The van der Waals surface area contributed by atoms with Crippen molar-refractivity contribution < 1.29 is 23.8 Å². The molecule has 2 rings (SSSR count). The molecule has 1 saturated carbocycles. The molecule has 0 aromatic heterocycles. The molecule has 1 aliphatic rings. The summed E-state index contributed by atoms with van der Waals surface area (Å²) in [7, 11) is 0. The van der Waals surface area contributed by atoms with Crippen LogP contribution in [-0.2, 0) is 19.9 Å². The van der Waals surface area contributed by atoms with Gasteiger partial charge in [-0.05, 0) is 30.5 Å². The molecule has 0 atom stereocenters. The largest absolute Gasteiger partial charge is 0.480 e. The summed E-state index contributed by atoms with van der Waals surface area (Å²) in [6.07, 6.45) is 1.56. The number of hydrogen-bond donors (Lipinski definition) is 2. The summed E-state index contributed by atoms with van der Waals surface area (Å²) in [5.74, 6) is -1.81. The van der Waals surface area contributed by atoms with Crippen molar-refractivity contribution in [1.82, 2.24) is 5.32 Å². The van der Waals surface area contributed by atoms with E-state index in [1.165, 1.54) is 12.1 Å². The van der Waals surface area contributed by atoms with Gasteiger partial charge in [-0.25, -0.2) is 9.18 Å². The van der Waals surface area contributed by atoms with Crippen molar-refractivity contribution >= 4 is 11.9 Å². The highest BCUT2D eigenvalue weighted by Gasteiger charge is 2.45. The minimum atomic E-state index is -1.12. The molecule has 1 fully saturated rings. The van der Waals surface area contributed by atoms with Gasteiger partial charge in [-0.3, -0.25) is 4.79 Å². The van der Waals surface area contributed by atoms with Crippen LogP contribution in [0.5, 0.6) is 0 Å². The molecule has 0 radical (unpaired) electrons. The van der Waals surface area contributed by atoms with E-state index in [0.717, 1.165) is 18.4 Å². The predicted octanol–water partition coefficient (Wildman–Crippen LogP) is 1.03. The maximum absolute atomic E-state index is 12.8. The van der Waals surface area contributed by atoms with Crippen LogP contribution >= 0.6 is 0 Å². The molecule has 0 bridgehead atoms. The van der Waals surface area contributed by atoms with E-state index in [1.807, 2.05) is 0 Å². The van der Waals surface area contributed by atoms with E-state index < -0.39 is 18.1 Å². The lowest BCUT2D eigenvalue weighted by Gasteiger charge is -2.17. The molecule has 0 saturated heterocycles. The number of halogens is 1. The van der Waals surface area contributed by atoms with Crippen molar-refractivity contribution in [2.75, 3.05) is 13.2 Å². The average Bonchev–Trinajstić information content (AvgIpc) is 3.10. The summed E-state index contributed by atoms with van der Waals surface area (Å²) < 4.78 is 17.6. The first kappa shape index (κ1) is 13.5. The summed E-state index contributed by atoms with van der Waals surface area (Å²) in [4.78, 5) is 21.9. The van der Waals surface area contributed by atoms with Gasteiger partial charge < -0.3 is 15.2 Å². The molecule has 19 heavy (non-hydrogen) atoms. The van der Waals surface area contributed by atoms with Crippen LogP contribution in [0.4, 0.5) is 4.39 Å². The van der Waals surface area contributed by atoms with Crippen LogP contribution in [0, 0.1) is 5.82 Å². The molecular formula is C13H14FNO4. The molecule has 5 nitrogen and oxygen atoms in total. The predicted molar refractivity (Wildman–Crippen MR) is 63.9 cm³/mol. The average molecular weight is 267 g/mol. The number of benzene rings is 1. The number of carboxylic acid groups (broad SMARTS) is 1. The van der Waals surface area contributed by atoms with Crippen LogP contribution in [-0.4, -0.2) is 30.2 Å². The fourth-order valence-electron chi connectivity index (χ4n) is 1.91. The minimum Gasteiger partial charge on any atom is -0.480 e. The Hall–Kier alpha value is -1.95. The zero-order chi connectivity index (χ0) is 13.9. The molecule has 1 aliphatic carbocycles. The van der Waals surface area contributed by atoms with Crippen molar-refractivity contribution in [3.63, 3.8) is 0 Å². The van der Waals surface area contributed by atoms with E-state index >= 15 is 0 Å². The molecule has 2 N–H and O–H groups in total. The third kappa shape index (κ3) is 3.51. The minimum absolute atomic E-state index is 0.296. The topological polar surface area (TPSA) is 75.6 Å². The van der Waals surface area contributed by atoms with Gasteiger partial charge >= 0.3 is 5.97 Å². The molecule has 0 spiro atoms. The van der Waals surface area contributed by atoms with Gasteiger partial charge in [0.05, 0.1) is 5.54 Å². The summed E-state index contributed by atoms with van der Waals surface area (Å²) in [6, 6.07) is 5.98. The zero-order valence-corrected chi connectivity index (χ0v) is 10.2. The number of nitrogens with one attached hydrogen (secondary N) is 1. The van der Waals surface area contributed by atoms with Crippen molar-refractivity contribution in [2.45, 2.75) is 18.4 Å². The van der Waals surface area contributed by atoms with Crippen molar-refractivity contribution in [3.8, 4) is 0 Å². The SMILES string of the molecule is O=C(O)COCC(=O)NC1(c2ccc(F)cc2)CC1. The number of carboxylic acids is 1. The molecule has 1 aromatic carbocycles. The summed E-state index contributed by atoms with van der Waals surface area (Å²) in [5, 5.41) is 11.2. The highest BCUT2D eigenvalue weighted by Crippen LogP contribution is 2.45. The van der Waals surface area contributed by atoms with Gasteiger partial charge in [-0.2, -0.15) is 0 Å². The summed E-state index contributed by atoms with van der Waals surface area (Å²) >= 11 is 0. The van der Waals surface area contributed by atoms with Crippen LogP contribution in [0.15, 0.2) is 24.3 Å². The maximum atomic E-state index is 12.8. The van der Waals surface area contributed by atoms with E-state index in [-0.39, 0.29) is 18.3 Å². The van der Waals surface area contributed by atoms with E-state index in [1.54, 1.807) is 12.1 Å². The van der Waals surface area contributed by atoms with E-state index in [9.17, 15) is 14.0 Å². The molecule has 0 heterocycles. The first-order chi connectivity index (χ1) is 9.02. The summed E-state index contributed by atoms with van der Waals surface area (Å²) in [5.41, 5.74) is 0.401. The number of rotatable bonds is 6. The zero-order valence-electron chi connectivity index (χ0n) is 10.2. The quantitative estimate of drug-likeness (QED) is 0.807. The van der Waals surface area contributed by atoms with Gasteiger partial charge in [-0.1, -0.05) is 12.1 Å². The summed E-state index contributed by atoms with van der Waals surface area (Å²) in [6.45, 7) is -0.799. The van der Waals surface area contributed by atoms with Crippen molar-refractivity contribution in [3.05, 3.63) is 35.6 Å². The highest BCUT2D eigenvalue weighted by atomic mass is 19.1. The van der Waals surface area contributed by atoms with Crippen LogP contribution in [0.3, 0.4) is 0 Å². The van der Waals surface area contributed by atoms with E-state index in [4.69, 9.17) is 9.84 Å². The fraction of sp³-hybridized carbons (Fsp3) is 0.385. The van der Waals surface area contributed by atoms with Crippen molar-refractivity contribution in [2.24, 2.45) is 0 Å². The number of amides is 1. The fourth-order valence-corrected chi connectivity index (χ4v) is 1.91. The molecule has 102 valence electrons. The Morgan fingerprint density at radius 2 is 1.89 bits per heavy atom. The Morgan fingerprint density at radius 3 is 2.42 bits per heavy atom. The molecule has 0 unspecified atom stereocenters. The number of hydrogen-bond acceptors (Lipinski definition) is 3. The molecular weight excluding hydrogens is 253 g/mol. The molecule has 1 aromatic rings. The number of carbonyl (C=O) groups excluding carboxylic acids is 1. The lowest BCUT2D eigenvalue weighted by Crippen LogP contribution is -2.37. The first-order valence-corrected chi connectivity index (χ1v) is 5.88. The smallest absolute Gasteiger partial charge is 0.329 e. The van der Waals surface area contributed by atoms with Gasteiger partial charge in [0, 0.05) is 0 Å². The third-order valence-electron chi connectivity index (χ3n) is 2.98. The Morgan fingerprint density at radius 1 is 1.26 bits per heavy atom. The molecule has 0 aliphatic heterocycles. The van der Waals surface area contributed by atoms with Crippen molar-refractivity contribution in [1.29, 1.82) is 0 Å². The number of aliphatic carboxylic acids is 1. The second-order valence-corrected chi connectivity index (χ2v) is 4.52. The molecule has 6 heteroatoms. The third-order valence-corrected chi connectivity index (χ3v) is 2.98. The van der Waals surface area contributed by atoms with E-state index in [2.05, 4.69) is 5.32 Å². The van der Waals surface area contributed by atoms with Gasteiger partial charge in [0.25, 0.3) is 0 Å². The lowest BCUT2D eigenvalue weighted by atomic mass is 10.1. The lowest BCUT2D eigenvalue weighted by molar-refractivity contribution is -0.143. The van der Waals surface area contributed by atoms with Gasteiger partial charge in [0.2, 0.25) is 5.91 Å². The Labute approximate surface area is 109 Å². The number of carbonyl (C=O) groups is 2. The second kappa shape index (κ2) is 5.36. The van der Waals surface area contributed by atoms with Gasteiger partial charge in [0.1, 0.15) is 19.0 Å². The Bertz CT molecular complexity index is 482. The van der Waals surface area contributed by atoms with Crippen LogP contribution < -0.4 is 5.32 Å². The monoisotopic (exact) mass is 267 g/mol. The Balaban J connectivity index is 1.89. The van der Waals surface area contributed by atoms with Gasteiger partial charge in [0.15, 0.2) is 0 Å². The molecule has 1 amide bonds. The van der Waals surface area contributed by atoms with E-state index in [0.29, 0.717) is 0 Å². The maximum Gasteiger partial charge on any atom is 0.329 e. The standard InChI is InChI=1S/C13H14FNO4/c14-10-3-1-9(2-4-10)13(5-6-13)15-11(16)7-19-8-12(17)18/h1-4H,5-8H2,(H,15,16)(H,17,18). The van der Waals surface area contributed by atoms with Crippen LogP contribution in [0.1, 0.15) is 18.4 Å². The van der Waals surface area contributed by atoms with Crippen LogP contribution in [0.25, 0.3) is 0 Å². The van der Waals surface area contributed by atoms with Gasteiger partial charge in [-0.15, -0.1) is 0 Å². The second-order valence-electron chi connectivity index (χ2n) is 4.52. The normalized spacial score (nSPS) is 15.8. The number of ether oxygens (including phenoxy) is 1. The Kier molecular flexibility index (Phi) is 3.80.